The van der Waals surface area contributed by atoms with Gasteiger partial charge in [0.15, 0.2) is 0 Å². The topological polar surface area (TPSA) is 37.8 Å². The second kappa shape index (κ2) is 4.82. The molecule has 0 radical (unpaired) electrons. The van der Waals surface area contributed by atoms with Crippen molar-refractivity contribution < 1.29 is 4.39 Å². The Labute approximate surface area is 114 Å². The van der Waals surface area contributed by atoms with E-state index in [1.165, 1.54) is 18.5 Å². The minimum absolute atomic E-state index is 0.323. The predicted octanol–water partition coefficient (Wildman–Crippen LogP) is 4.17. The summed E-state index contributed by atoms with van der Waals surface area (Å²) in [5, 5.41) is 4.36. The molecule has 0 unspecified atom stereocenters. The highest BCUT2D eigenvalue weighted by Crippen LogP contribution is 2.24. The molecule has 0 atom stereocenters. The third kappa shape index (κ3) is 2.48. The first-order chi connectivity index (χ1) is 9.22. The zero-order valence-corrected chi connectivity index (χ0v) is 10.5. The van der Waals surface area contributed by atoms with Crippen LogP contribution in [0.5, 0.6) is 0 Å². The van der Waals surface area contributed by atoms with Crippen molar-refractivity contribution in [3.63, 3.8) is 0 Å². The van der Waals surface area contributed by atoms with Gasteiger partial charge in [0.2, 0.25) is 0 Å². The summed E-state index contributed by atoms with van der Waals surface area (Å²) >= 11 is 5.92. The van der Waals surface area contributed by atoms with Crippen LogP contribution in [-0.4, -0.2) is 9.97 Å². The van der Waals surface area contributed by atoms with Gasteiger partial charge in [0.05, 0.1) is 5.52 Å². The van der Waals surface area contributed by atoms with Gasteiger partial charge in [0.1, 0.15) is 18.0 Å². The molecule has 0 saturated carbocycles. The van der Waals surface area contributed by atoms with Crippen LogP contribution < -0.4 is 5.32 Å². The Bertz CT molecular complexity index is 746. The Hall–Kier alpha value is -2.20. The van der Waals surface area contributed by atoms with E-state index in [0.717, 1.165) is 5.69 Å². The first kappa shape index (κ1) is 11.9. The molecule has 0 saturated heterocycles. The number of anilines is 2. The van der Waals surface area contributed by atoms with Crippen molar-refractivity contribution in [1.29, 1.82) is 0 Å². The molecule has 0 spiro atoms. The number of nitrogens with one attached hydrogen (secondary N) is 1. The van der Waals surface area contributed by atoms with E-state index >= 15 is 0 Å². The molecular weight excluding hydrogens is 265 g/mol. The maximum absolute atomic E-state index is 13.3. The Balaban J connectivity index is 2.07. The number of rotatable bonds is 2. The lowest BCUT2D eigenvalue weighted by Gasteiger charge is -2.08. The second-order valence-corrected chi connectivity index (χ2v) is 4.46. The van der Waals surface area contributed by atoms with E-state index in [-0.39, 0.29) is 5.82 Å². The molecule has 0 bridgehead atoms. The van der Waals surface area contributed by atoms with Gasteiger partial charge in [0.25, 0.3) is 0 Å². The lowest BCUT2D eigenvalue weighted by molar-refractivity contribution is 0.629. The number of nitrogens with zero attached hydrogens (tertiary/aromatic N) is 2. The third-order valence-electron chi connectivity index (χ3n) is 2.68. The Morgan fingerprint density at radius 2 is 1.95 bits per heavy atom. The maximum Gasteiger partial charge on any atom is 0.141 e. The van der Waals surface area contributed by atoms with Crippen molar-refractivity contribution >= 4 is 34.0 Å². The predicted molar refractivity (Wildman–Crippen MR) is 74.2 cm³/mol. The molecule has 3 nitrogen and oxygen atoms in total. The van der Waals surface area contributed by atoms with Gasteiger partial charge in [-0.05, 0) is 36.4 Å². The first-order valence-electron chi connectivity index (χ1n) is 5.65. The molecule has 3 aromatic rings. The molecule has 1 heterocycles. The Morgan fingerprint density at radius 3 is 2.79 bits per heavy atom. The van der Waals surface area contributed by atoms with Gasteiger partial charge >= 0.3 is 0 Å². The molecule has 0 aliphatic heterocycles. The summed E-state index contributed by atoms with van der Waals surface area (Å²) in [6, 6.07) is 11.6. The van der Waals surface area contributed by atoms with Crippen LogP contribution in [0.3, 0.4) is 0 Å². The van der Waals surface area contributed by atoms with Crippen LogP contribution in [0.2, 0.25) is 5.02 Å². The molecule has 94 valence electrons. The number of hydrogen-bond donors (Lipinski definition) is 1. The summed E-state index contributed by atoms with van der Waals surface area (Å²) in [6.45, 7) is 0. The lowest BCUT2D eigenvalue weighted by atomic mass is 10.2. The van der Waals surface area contributed by atoms with E-state index in [9.17, 15) is 4.39 Å². The van der Waals surface area contributed by atoms with Gasteiger partial charge in [-0.25, -0.2) is 14.4 Å². The van der Waals surface area contributed by atoms with Crippen molar-refractivity contribution in [2.24, 2.45) is 0 Å². The van der Waals surface area contributed by atoms with Crippen molar-refractivity contribution in [2.75, 3.05) is 5.32 Å². The maximum atomic E-state index is 13.3. The summed E-state index contributed by atoms with van der Waals surface area (Å²) in [5.41, 5.74) is 1.47. The summed E-state index contributed by atoms with van der Waals surface area (Å²) < 4.78 is 13.3. The van der Waals surface area contributed by atoms with Gasteiger partial charge in [-0.15, -0.1) is 0 Å². The Morgan fingerprint density at radius 1 is 1.05 bits per heavy atom. The highest BCUT2D eigenvalue weighted by Gasteiger charge is 2.05. The fourth-order valence-electron chi connectivity index (χ4n) is 1.83. The van der Waals surface area contributed by atoms with Crippen LogP contribution in [-0.2, 0) is 0 Å². The number of hydrogen-bond acceptors (Lipinski definition) is 3. The highest BCUT2D eigenvalue weighted by atomic mass is 35.5. The van der Waals surface area contributed by atoms with Crippen LogP contribution in [0.25, 0.3) is 10.9 Å². The van der Waals surface area contributed by atoms with E-state index in [1.54, 1.807) is 18.2 Å². The minimum atomic E-state index is -0.323. The van der Waals surface area contributed by atoms with E-state index in [2.05, 4.69) is 15.3 Å². The van der Waals surface area contributed by atoms with Gasteiger partial charge in [-0.3, -0.25) is 0 Å². The van der Waals surface area contributed by atoms with Gasteiger partial charge in [-0.1, -0.05) is 17.7 Å². The standard InChI is InChI=1S/C14H9ClFN3/c15-9-2-1-3-11(6-9)19-14-12-7-10(16)4-5-13(12)17-8-18-14/h1-8H,(H,17,18,19). The zero-order chi connectivity index (χ0) is 13.2. The molecule has 3 rings (SSSR count). The number of aromatic nitrogens is 2. The van der Waals surface area contributed by atoms with Crippen molar-refractivity contribution in [1.82, 2.24) is 9.97 Å². The molecule has 1 aromatic heterocycles. The Kier molecular flexibility index (Phi) is 3.01. The number of fused-ring (bicyclic) bond motifs is 1. The molecule has 5 heteroatoms. The summed E-state index contributed by atoms with van der Waals surface area (Å²) in [4.78, 5) is 8.24. The smallest absolute Gasteiger partial charge is 0.141 e. The molecule has 0 aliphatic rings. The molecule has 0 aliphatic carbocycles. The number of halogens is 2. The fourth-order valence-corrected chi connectivity index (χ4v) is 2.02. The van der Waals surface area contributed by atoms with E-state index in [4.69, 9.17) is 11.6 Å². The molecule has 0 fully saturated rings. The monoisotopic (exact) mass is 273 g/mol. The summed E-state index contributed by atoms with van der Waals surface area (Å²) in [7, 11) is 0. The average Bonchev–Trinajstić information content (AvgIpc) is 2.39. The first-order valence-corrected chi connectivity index (χ1v) is 6.03. The normalized spacial score (nSPS) is 10.6. The van der Waals surface area contributed by atoms with E-state index in [0.29, 0.717) is 21.7 Å². The summed E-state index contributed by atoms with van der Waals surface area (Å²) in [6.07, 6.45) is 1.44. The fraction of sp³-hybridized carbons (Fsp3) is 0. The molecule has 19 heavy (non-hydrogen) atoms. The van der Waals surface area contributed by atoms with Gasteiger partial charge < -0.3 is 5.32 Å². The van der Waals surface area contributed by atoms with Crippen LogP contribution in [0.15, 0.2) is 48.8 Å². The molecule has 0 amide bonds. The van der Waals surface area contributed by atoms with E-state index < -0.39 is 0 Å². The van der Waals surface area contributed by atoms with Crippen molar-refractivity contribution in [2.45, 2.75) is 0 Å². The number of benzene rings is 2. The van der Waals surface area contributed by atoms with Gasteiger partial charge in [0, 0.05) is 16.1 Å². The quantitative estimate of drug-likeness (QED) is 0.762. The summed E-state index contributed by atoms with van der Waals surface area (Å²) in [5.74, 6) is 0.225. The SMILES string of the molecule is Fc1ccc2ncnc(Nc3cccc(Cl)c3)c2c1. The molecule has 2 aromatic carbocycles. The lowest BCUT2D eigenvalue weighted by Crippen LogP contribution is -1.96. The van der Waals surface area contributed by atoms with Crippen LogP contribution in [0.1, 0.15) is 0 Å². The highest BCUT2D eigenvalue weighted by molar-refractivity contribution is 6.30. The minimum Gasteiger partial charge on any atom is -0.340 e. The van der Waals surface area contributed by atoms with Crippen molar-refractivity contribution in [3.05, 3.63) is 59.6 Å². The third-order valence-corrected chi connectivity index (χ3v) is 2.92. The van der Waals surface area contributed by atoms with Crippen LogP contribution >= 0.6 is 11.6 Å². The second-order valence-electron chi connectivity index (χ2n) is 4.02. The van der Waals surface area contributed by atoms with Crippen LogP contribution in [0, 0.1) is 5.82 Å². The van der Waals surface area contributed by atoms with Crippen molar-refractivity contribution in [3.8, 4) is 0 Å². The van der Waals surface area contributed by atoms with E-state index in [1.807, 2.05) is 12.1 Å². The van der Waals surface area contributed by atoms with Gasteiger partial charge in [-0.2, -0.15) is 0 Å². The molecule has 1 N–H and O–H groups in total. The zero-order valence-electron chi connectivity index (χ0n) is 9.77. The average molecular weight is 274 g/mol. The largest absolute Gasteiger partial charge is 0.340 e. The van der Waals surface area contributed by atoms with Crippen LogP contribution in [0.4, 0.5) is 15.9 Å². The molecular formula is C14H9ClFN3.